The first-order valence-corrected chi connectivity index (χ1v) is 10.3. The Kier molecular flexibility index (Phi) is 6.34. The van der Waals surface area contributed by atoms with Gasteiger partial charge in [-0.3, -0.25) is 4.79 Å². The zero-order chi connectivity index (χ0) is 22.5. The van der Waals surface area contributed by atoms with Gasteiger partial charge in [-0.2, -0.15) is 0 Å². The summed E-state index contributed by atoms with van der Waals surface area (Å²) in [4.78, 5) is 37.4. The van der Waals surface area contributed by atoms with Crippen LogP contribution in [0.5, 0.6) is 11.5 Å². The number of aromatic nitrogens is 2. The zero-order valence-corrected chi connectivity index (χ0v) is 18.1. The second-order valence-electron chi connectivity index (χ2n) is 7.34. The Morgan fingerprint density at radius 1 is 0.969 bits per heavy atom. The standard InChI is InChI=1S/C23H25N5O4/c1-31-20-12-17-18(13-21(20)32-2)25-15-26-22(17)27-8-10-28(11-9-27)23(30)24-14-19(29)16-6-4-3-5-7-16/h3-7,12-13,15H,8-11,14H2,1-2H3,(H,24,30). The molecular formula is C23H25N5O4. The third-order valence-electron chi connectivity index (χ3n) is 5.48. The Bertz CT molecular complexity index is 1110. The molecule has 0 saturated carbocycles. The smallest absolute Gasteiger partial charge is 0.317 e. The Hall–Kier alpha value is -3.88. The maximum atomic E-state index is 12.5. The van der Waals surface area contributed by atoms with Crippen LogP contribution in [0.1, 0.15) is 10.4 Å². The third-order valence-corrected chi connectivity index (χ3v) is 5.48. The lowest BCUT2D eigenvalue weighted by molar-refractivity contribution is 0.0988. The van der Waals surface area contributed by atoms with Crippen molar-refractivity contribution in [1.29, 1.82) is 0 Å². The molecule has 1 aliphatic rings. The highest BCUT2D eigenvalue weighted by atomic mass is 16.5. The lowest BCUT2D eigenvalue weighted by Gasteiger charge is -2.35. The van der Waals surface area contributed by atoms with E-state index in [9.17, 15) is 9.59 Å². The Morgan fingerprint density at radius 3 is 2.34 bits per heavy atom. The van der Waals surface area contributed by atoms with Gasteiger partial charge in [0.2, 0.25) is 0 Å². The van der Waals surface area contributed by atoms with Crippen LogP contribution in [0.3, 0.4) is 0 Å². The maximum Gasteiger partial charge on any atom is 0.317 e. The molecular weight excluding hydrogens is 410 g/mol. The Balaban J connectivity index is 1.40. The van der Waals surface area contributed by atoms with Crippen LogP contribution in [0.4, 0.5) is 10.6 Å². The number of benzene rings is 2. The molecule has 2 heterocycles. The average Bonchev–Trinajstić information content (AvgIpc) is 2.86. The molecule has 4 rings (SSSR count). The summed E-state index contributed by atoms with van der Waals surface area (Å²) in [6.07, 6.45) is 1.53. The Morgan fingerprint density at radius 2 is 1.66 bits per heavy atom. The second-order valence-corrected chi connectivity index (χ2v) is 7.34. The molecule has 166 valence electrons. The van der Waals surface area contributed by atoms with Crippen LogP contribution >= 0.6 is 0 Å². The molecule has 2 aromatic carbocycles. The molecule has 3 aromatic rings. The first-order valence-electron chi connectivity index (χ1n) is 10.3. The highest BCUT2D eigenvalue weighted by Gasteiger charge is 2.24. The number of rotatable bonds is 6. The van der Waals surface area contributed by atoms with Gasteiger partial charge in [0.15, 0.2) is 17.3 Å². The quantitative estimate of drug-likeness (QED) is 0.594. The molecule has 0 bridgehead atoms. The summed E-state index contributed by atoms with van der Waals surface area (Å²) >= 11 is 0. The molecule has 0 spiro atoms. The first-order chi connectivity index (χ1) is 15.6. The van der Waals surface area contributed by atoms with E-state index in [2.05, 4.69) is 20.2 Å². The fourth-order valence-electron chi connectivity index (χ4n) is 3.74. The number of hydrogen-bond donors (Lipinski definition) is 1. The van der Waals surface area contributed by atoms with Crippen molar-refractivity contribution in [2.45, 2.75) is 0 Å². The topological polar surface area (TPSA) is 96.9 Å². The molecule has 0 unspecified atom stereocenters. The van der Waals surface area contributed by atoms with Crippen molar-refractivity contribution in [2.75, 3.05) is 51.8 Å². The van der Waals surface area contributed by atoms with Crippen molar-refractivity contribution in [3.8, 4) is 11.5 Å². The van der Waals surface area contributed by atoms with Crippen LogP contribution in [-0.2, 0) is 0 Å². The number of carbonyl (C=O) groups excluding carboxylic acids is 2. The molecule has 1 aliphatic heterocycles. The van der Waals surface area contributed by atoms with Crippen molar-refractivity contribution >= 4 is 28.5 Å². The van der Waals surface area contributed by atoms with Crippen molar-refractivity contribution < 1.29 is 19.1 Å². The first kappa shape index (κ1) is 21.4. The van der Waals surface area contributed by atoms with Crippen LogP contribution in [0.15, 0.2) is 48.8 Å². The van der Waals surface area contributed by atoms with E-state index in [1.54, 1.807) is 43.4 Å². The molecule has 0 radical (unpaired) electrons. The molecule has 0 aliphatic carbocycles. The van der Waals surface area contributed by atoms with Crippen molar-refractivity contribution in [3.05, 3.63) is 54.4 Å². The third kappa shape index (κ3) is 4.41. The number of methoxy groups -OCH3 is 2. The predicted octanol–water partition coefficient (Wildman–Crippen LogP) is 2.36. The van der Waals surface area contributed by atoms with E-state index in [0.717, 1.165) is 16.7 Å². The van der Waals surface area contributed by atoms with E-state index in [1.165, 1.54) is 6.33 Å². The van der Waals surface area contributed by atoms with Crippen molar-refractivity contribution in [3.63, 3.8) is 0 Å². The number of hydrogen-bond acceptors (Lipinski definition) is 7. The lowest BCUT2D eigenvalue weighted by Crippen LogP contribution is -2.52. The fraction of sp³-hybridized carbons (Fsp3) is 0.304. The van der Waals surface area contributed by atoms with Crippen molar-refractivity contribution in [2.24, 2.45) is 0 Å². The van der Waals surface area contributed by atoms with Crippen molar-refractivity contribution in [1.82, 2.24) is 20.2 Å². The number of carbonyl (C=O) groups is 2. The number of ether oxygens (including phenoxy) is 2. The molecule has 2 amide bonds. The van der Waals surface area contributed by atoms with Gasteiger partial charge in [-0.1, -0.05) is 30.3 Å². The van der Waals surface area contributed by atoms with Gasteiger partial charge in [0, 0.05) is 43.2 Å². The van der Waals surface area contributed by atoms with Gasteiger partial charge in [0.25, 0.3) is 0 Å². The summed E-state index contributed by atoms with van der Waals surface area (Å²) in [5.41, 5.74) is 1.34. The molecule has 9 heteroatoms. The normalized spacial score (nSPS) is 13.7. The van der Waals surface area contributed by atoms with Gasteiger partial charge in [-0.15, -0.1) is 0 Å². The SMILES string of the molecule is COc1cc2ncnc(N3CCN(C(=O)NCC(=O)c4ccccc4)CC3)c2cc1OC. The summed E-state index contributed by atoms with van der Waals surface area (Å²) < 4.78 is 10.8. The molecule has 1 fully saturated rings. The van der Waals surface area contributed by atoms with Gasteiger partial charge >= 0.3 is 6.03 Å². The minimum absolute atomic E-state index is 0.0266. The number of piperazine rings is 1. The van der Waals surface area contributed by atoms with E-state index in [4.69, 9.17) is 9.47 Å². The molecule has 0 atom stereocenters. The fourth-order valence-corrected chi connectivity index (χ4v) is 3.74. The molecule has 9 nitrogen and oxygen atoms in total. The number of urea groups is 1. The van der Waals surface area contributed by atoms with Crippen LogP contribution in [0.2, 0.25) is 0 Å². The summed E-state index contributed by atoms with van der Waals surface area (Å²) in [5.74, 6) is 1.89. The second kappa shape index (κ2) is 9.51. The van der Waals surface area contributed by atoms with Gasteiger partial charge in [0.1, 0.15) is 12.1 Å². The number of fused-ring (bicyclic) bond motifs is 1. The molecule has 1 aromatic heterocycles. The molecule has 1 saturated heterocycles. The van der Waals surface area contributed by atoms with Crippen LogP contribution < -0.4 is 19.7 Å². The van der Waals surface area contributed by atoms with Crippen LogP contribution in [0.25, 0.3) is 10.9 Å². The summed E-state index contributed by atoms with van der Waals surface area (Å²) in [7, 11) is 3.18. The van der Waals surface area contributed by atoms with E-state index in [1.807, 2.05) is 18.2 Å². The zero-order valence-electron chi connectivity index (χ0n) is 18.1. The maximum absolute atomic E-state index is 12.5. The van der Waals surface area contributed by atoms with Gasteiger partial charge < -0.3 is 24.6 Å². The minimum atomic E-state index is -0.243. The van der Waals surface area contributed by atoms with Gasteiger partial charge in [0.05, 0.1) is 26.3 Å². The monoisotopic (exact) mass is 435 g/mol. The largest absolute Gasteiger partial charge is 0.493 e. The molecule has 32 heavy (non-hydrogen) atoms. The number of nitrogens with zero attached hydrogens (tertiary/aromatic N) is 4. The summed E-state index contributed by atoms with van der Waals surface area (Å²) in [6, 6.07) is 12.4. The predicted molar refractivity (Wildman–Crippen MR) is 121 cm³/mol. The lowest BCUT2D eigenvalue weighted by atomic mass is 10.1. The summed E-state index contributed by atoms with van der Waals surface area (Å²) in [5, 5.41) is 3.58. The van der Waals surface area contributed by atoms with E-state index in [-0.39, 0.29) is 18.4 Å². The number of Topliss-reactive ketones (excluding diaryl/α,β-unsaturated/α-hetero) is 1. The van der Waals surface area contributed by atoms with Gasteiger partial charge in [-0.25, -0.2) is 14.8 Å². The highest BCUT2D eigenvalue weighted by Crippen LogP contribution is 2.34. The van der Waals surface area contributed by atoms with E-state index < -0.39 is 0 Å². The van der Waals surface area contributed by atoms with E-state index in [0.29, 0.717) is 43.2 Å². The number of amides is 2. The number of anilines is 1. The average molecular weight is 435 g/mol. The van der Waals surface area contributed by atoms with Crippen LogP contribution in [-0.4, -0.2) is 73.6 Å². The summed E-state index contributed by atoms with van der Waals surface area (Å²) in [6.45, 7) is 2.23. The molecule has 1 N–H and O–H groups in total. The van der Waals surface area contributed by atoms with E-state index >= 15 is 0 Å². The van der Waals surface area contributed by atoms with Gasteiger partial charge in [-0.05, 0) is 6.07 Å². The Labute approximate surface area is 186 Å². The number of nitrogens with one attached hydrogen (secondary N) is 1. The van der Waals surface area contributed by atoms with Crippen LogP contribution in [0, 0.1) is 0 Å². The minimum Gasteiger partial charge on any atom is -0.493 e. The highest BCUT2D eigenvalue weighted by molar-refractivity contribution is 5.99. The number of ketones is 1.